The molecule has 1 aromatic rings. The maximum Gasteiger partial charge on any atom is 0.321 e. The molecule has 5 nitrogen and oxygen atoms in total. The maximum atomic E-state index is 11.8. The summed E-state index contributed by atoms with van der Waals surface area (Å²) < 4.78 is 10.2. The molecule has 5 heteroatoms. The van der Waals surface area contributed by atoms with Crippen LogP contribution in [-0.4, -0.2) is 23.2 Å². The summed E-state index contributed by atoms with van der Waals surface area (Å²) in [6, 6.07) is 0. The molecule has 104 valence electrons. The number of hydrogen-bond donors (Lipinski definition) is 0. The Balaban J connectivity index is 1.77. The van der Waals surface area contributed by atoms with Gasteiger partial charge in [-0.25, -0.2) is 0 Å². The molecule has 0 bridgehead atoms. The highest BCUT2D eigenvalue weighted by molar-refractivity contribution is 5.85. The molecule has 2 aliphatic rings. The van der Waals surface area contributed by atoms with Gasteiger partial charge in [0.1, 0.15) is 5.41 Å². The molecule has 0 spiro atoms. The Morgan fingerprint density at radius 2 is 1.95 bits per heavy atom. The second-order valence-electron chi connectivity index (χ2n) is 5.72. The van der Waals surface area contributed by atoms with Gasteiger partial charge in [0.05, 0.1) is 7.11 Å². The van der Waals surface area contributed by atoms with E-state index in [0.717, 1.165) is 31.5 Å². The second kappa shape index (κ2) is 4.94. The summed E-state index contributed by atoms with van der Waals surface area (Å²) in [5.41, 5.74) is -0.634. The molecule has 1 heterocycles. The third-order valence-corrected chi connectivity index (χ3v) is 4.40. The van der Waals surface area contributed by atoms with Crippen molar-refractivity contribution in [2.75, 3.05) is 7.11 Å². The Hall–Kier alpha value is -1.39. The average molecular weight is 264 g/mol. The number of methoxy groups -OCH3 is 1. The fraction of sp³-hybridized carbons (Fsp3) is 0.786. The van der Waals surface area contributed by atoms with Crippen LogP contribution < -0.4 is 0 Å². The molecular weight excluding hydrogens is 244 g/mol. The molecule has 3 rings (SSSR count). The molecule has 2 saturated carbocycles. The Morgan fingerprint density at radius 3 is 2.53 bits per heavy atom. The Labute approximate surface area is 112 Å². The predicted octanol–water partition coefficient (Wildman–Crippen LogP) is 2.71. The first-order chi connectivity index (χ1) is 9.26. The fourth-order valence-electron chi connectivity index (χ4n) is 2.96. The first-order valence-electron chi connectivity index (χ1n) is 7.19. The highest BCUT2D eigenvalue weighted by atomic mass is 16.5. The van der Waals surface area contributed by atoms with Crippen LogP contribution in [0.5, 0.6) is 0 Å². The molecule has 1 aromatic heterocycles. The van der Waals surface area contributed by atoms with Gasteiger partial charge in [-0.1, -0.05) is 30.8 Å². The minimum atomic E-state index is -0.634. The van der Waals surface area contributed by atoms with Crippen LogP contribution in [0.15, 0.2) is 4.52 Å². The number of ether oxygens (including phenoxy) is 1. The van der Waals surface area contributed by atoms with Gasteiger partial charge >= 0.3 is 5.97 Å². The zero-order valence-corrected chi connectivity index (χ0v) is 11.4. The average Bonchev–Trinajstić information content (AvgIpc) is 3.18. The van der Waals surface area contributed by atoms with Crippen molar-refractivity contribution in [3.8, 4) is 0 Å². The quantitative estimate of drug-likeness (QED) is 0.620. The van der Waals surface area contributed by atoms with Crippen LogP contribution in [-0.2, 0) is 14.9 Å². The SMILES string of the molecule is COC(=O)C1(c2nc(C3CCCCCC3)no2)CC1. The van der Waals surface area contributed by atoms with Gasteiger partial charge in [0.2, 0.25) is 5.89 Å². The number of esters is 1. The van der Waals surface area contributed by atoms with Gasteiger partial charge in [-0.2, -0.15) is 4.98 Å². The second-order valence-corrected chi connectivity index (χ2v) is 5.72. The van der Waals surface area contributed by atoms with E-state index in [4.69, 9.17) is 9.26 Å². The molecule has 0 aromatic carbocycles. The normalized spacial score (nSPS) is 22.8. The number of hydrogen-bond acceptors (Lipinski definition) is 5. The largest absolute Gasteiger partial charge is 0.468 e. The van der Waals surface area contributed by atoms with E-state index < -0.39 is 5.41 Å². The van der Waals surface area contributed by atoms with Crippen LogP contribution in [0, 0.1) is 0 Å². The number of rotatable bonds is 3. The van der Waals surface area contributed by atoms with Crippen LogP contribution in [0.2, 0.25) is 0 Å². The Bertz CT molecular complexity index is 457. The zero-order valence-electron chi connectivity index (χ0n) is 11.4. The van der Waals surface area contributed by atoms with Crippen molar-refractivity contribution >= 4 is 5.97 Å². The summed E-state index contributed by atoms with van der Waals surface area (Å²) >= 11 is 0. The molecule has 0 saturated heterocycles. The fourth-order valence-corrected chi connectivity index (χ4v) is 2.96. The lowest BCUT2D eigenvalue weighted by Crippen LogP contribution is -2.22. The molecule has 19 heavy (non-hydrogen) atoms. The van der Waals surface area contributed by atoms with Crippen LogP contribution in [0.1, 0.15) is 69.0 Å². The summed E-state index contributed by atoms with van der Waals surface area (Å²) in [4.78, 5) is 16.3. The predicted molar refractivity (Wildman–Crippen MR) is 67.7 cm³/mol. The van der Waals surface area contributed by atoms with E-state index in [1.54, 1.807) is 0 Å². The highest BCUT2D eigenvalue weighted by Crippen LogP contribution is 2.48. The third kappa shape index (κ3) is 2.26. The van der Waals surface area contributed by atoms with E-state index in [9.17, 15) is 4.79 Å². The monoisotopic (exact) mass is 264 g/mol. The van der Waals surface area contributed by atoms with Crippen molar-refractivity contribution < 1.29 is 14.1 Å². The lowest BCUT2D eigenvalue weighted by molar-refractivity contribution is -0.144. The van der Waals surface area contributed by atoms with Crippen molar-refractivity contribution in [2.24, 2.45) is 0 Å². The van der Waals surface area contributed by atoms with Gasteiger partial charge in [-0.3, -0.25) is 4.79 Å². The number of nitrogens with zero attached hydrogens (tertiary/aromatic N) is 2. The van der Waals surface area contributed by atoms with Crippen molar-refractivity contribution in [3.63, 3.8) is 0 Å². The van der Waals surface area contributed by atoms with Crippen LogP contribution in [0.25, 0.3) is 0 Å². The standard InChI is InChI=1S/C14H20N2O3/c1-18-13(17)14(8-9-14)12-15-11(16-19-12)10-6-4-2-3-5-7-10/h10H,2-9H2,1H3. The van der Waals surface area contributed by atoms with E-state index in [1.807, 2.05) is 0 Å². The van der Waals surface area contributed by atoms with E-state index >= 15 is 0 Å². The first kappa shape index (κ1) is 12.6. The highest BCUT2D eigenvalue weighted by Gasteiger charge is 2.57. The van der Waals surface area contributed by atoms with Gasteiger partial charge < -0.3 is 9.26 Å². The van der Waals surface area contributed by atoms with E-state index in [0.29, 0.717) is 11.8 Å². The van der Waals surface area contributed by atoms with Crippen LogP contribution in [0.3, 0.4) is 0 Å². The molecule has 0 N–H and O–H groups in total. The van der Waals surface area contributed by atoms with Gasteiger partial charge in [-0.05, 0) is 25.7 Å². The van der Waals surface area contributed by atoms with Gasteiger partial charge in [0.15, 0.2) is 5.82 Å². The van der Waals surface area contributed by atoms with Crippen molar-refractivity contribution in [1.29, 1.82) is 0 Å². The summed E-state index contributed by atoms with van der Waals surface area (Å²) in [5.74, 6) is 1.39. The summed E-state index contributed by atoms with van der Waals surface area (Å²) in [7, 11) is 1.41. The topological polar surface area (TPSA) is 65.2 Å². The number of carbonyl (C=O) groups is 1. The van der Waals surface area contributed by atoms with E-state index in [-0.39, 0.29) is 5.97 Å². The van der Waals surface area contributed by atoms with Gasteiger partial charge in [0.25, 0.3) is 0 Å². The van der Waals surface area contributed by atoms with Crippen LogP contribution >= 0.6 is 0 Å². The molecule has 0 radical (unpaired) electrons. The Morgan fingerprint density at radius 1 is 1.26 bits per heavy atom. The van der Waals surface area contributed by atoms with E-state index in [1.165, 1.54) is 32.8 Å². The summed E-state index contributed by atoms with van der Waals surface area (Å²) in [5, 5.41) is 4.11. The third-order valence-electron chi connectivity index (χ3n) is 4.40. The molecule has 2 fully saturated rings. The molecule has 0 amide bonds. The molecule has 0 atom stereocenters. The summed E-state index contributed by atoms with van der Waals surface area (Å²) in [6.07, 6.45) is 8.83. The Kier molecular flexibility index (Phi) is 3.29. The van der Waals surface area contributed by atoms with Crippen LogP contribution in [0.4, 0.5) is 0 Å². The van der Waals surface area contributed by atoms with Crippen molar-refractivity contribution in [2.45, 2.75) is 62.7 Å². The number of aromatic nitrogens is 2. The smallest absolute Gasteiger partial charge is 0.321 e. The lowest BCUT2D eigenvalue weighted by Gasteiger charge is -2.08. The maximum absolute atomic E-state index is 11.8. The van der Waals surface area contributed by atoms with Gasteiger partial charge in [0, 0.05) is 5.92 Å². The molecule has 2 aliphatic carbocycles. The van der Waals surface area contributed by atoms with E-state index in [2.05, 4.69) is 10.1 Å². The minimum absolute atomic E-state index is 0.247. The van der Waals surface area contributed by atoms with Crippen molar-refractivity contribution in [1.82, 2.24) is 10.1 Å². The number of carbonyl (C=O) groups excluding carboxylic acids is 1. The molecule has 0 aliphatic heterocycles. The van der Waals surface area contributed by atoms with Crippen molar-refractivity contribution in [3.05, 3.63) is 11.7 Å². The lowest BCUT2D eigenvalue weighted by atomic mass is 10.00. The summed E-state index contributed by atoms with van der Waals surface area (Å²) in [6.45, 7) is 0. The first-order valence-corrected chi connectivity index (χ1v) is 7.19. The molecular formula is C14H20N2O3. The molecule has 0 unspecified atom stereocenters. The zero-order chi connectivity index (χ0) is 13.3. The van der Waals surface area contributed by atoms with Gasteiger partial charge in [-0.15, -0.1) is 0 Å². The minimum Gasteiger partial charge on any atom is -0.468 e.